The van der Waals surface area contributed by atoms with Gasteiger partial charge in [-0.15, -0.1) is 0 Å². The number of anilines is 3. The van der Waals surface area contributed by atoms with E-state index in [1.807, 2.05) is 164 Å². The molecule has 9 N–H and O–H groups in total. The van der Waals surface area contributed by atoms with Gasteiger partial charge in [-0.25, -0.2) is 15.0 Å². The number of hydrogen-bond acceptors (Lipinski definition) is 14. The number of para-hydroxylation sites is 2. The van der Waals surface area contributed by atoms with Crippen LogP contribution in [0, 0.1) is 0 Å². The smallest absolute Gasteiger partial charge is 0.225 e. The molecule has 2 aromatic heterocycles. The summed E-state index contributed by atoms with van der Waals surface area (Å²) in [6.07, 6.45) is 0.258. The molecule has 8 aromatic carbocycles. The molecule has 0 amide bonds. The molecule has 12 nitrogen and oxygen atoms in total. The number of halogens is 1. The van der Waals surface area contributed by atoms with E-state index in [2.05, 4.69) is 56.3 Å². The van der Waals surface area contributed by atoms with E-state index in [0.717, 1.165) is 85.9 Å². The molecule has 0 unspecified atom stereocenters. The van der Waals surface area contributed by atoms with Crippen LogP contribution in [0.25, 0.3) is 21.8 Å². The van der Waals surface area contributed by atoms with Crippen LogP contribution >= 0.6 is 35.1 Å². The van der Waals surface area contributed by atoms with Gasteiger partial charge in [0.25, 0.3) is 0 Å². The Hall–Kier alpha value is -7.37. The first-order valence-corrected chi connectivity index (χ1v) is 27.3. The molecule has 0 spiro atoms. The molecule has 10 aromatic rings. The zero-order valence-electron chi connectivity index (χ0n) is 41.9. The molecule has 0 aliphatic heterocycles. The molecular formula is C62H57ClN8O4S2. The maximum atomic E-state index is 10.8. The molecular weight excluding hydrogens is 1020 g/mol. The first kappa shape index (κ1) is 53.0. The highest BCUT2D eigenvalue weighted by Crippen LogP contribution is 2.39. The first-order valence-electron chi connectivity index (χ1n) is 25.3. The minimum atomic E-state index is -0.525. The van der Waals surface area contributed by atoms with Crippen LogP contribution < -0.4 is 21.7 Å². The number of aliphatic hydroxyl groups is 4. The molecule has 4 atom stereocenters. The number of rotatable bonds is 14. The van der Waals surface area contributed by atoms with Gasteiger partial charge in [-0.2, -0.15) is 4.98 Å². The summed E-state index contributed by atoms with van der Waals surface area (Å²) in [6.45, 7) is 1.14. The Morgan fingerprint density at radius 2 is 0.870 bits per heavy atom. The summed E-state index contributed by atoms with van der Waals surface area (Å²) in [5.41, 5.74) is 15.9. The van der Waals surface area contributed by atoms with Crippen molar-refractivity contribution in [3.8, 4) is 0 Å². The van der Waals surface area contributed by atoms with Gasteiger partial charge in [-0.05, 0) is 105 Å². The van der Waals surface area contributed by atoms with Crippen LogP contribution in [0.15, 0.2) is 214 Å². The van der Waals surface area contributed by atoms with Crippen molar-refractivity contribution in [2.45, 2.75) is 83.0 Å². The van der Waals surface area contributed by atoms with E-state index < -0.39 is 12.2 Å². The fourth-order valence-electron chi connectivity index (χ4n) is 9.62. The van der Waals surface area contributed by atoms with E-state index in [-0.39, 0.29) is 30.6 Å². The molecule has 2 aliphatic rings. The molecule has 0 saturated carbocycles. The predicted octanol–water partition coefficient (Wildman–Crippen LogP) is 12.1. The Kier molecular flexibility index (Phi) is 17.4. The minimum absolute atomic E-state index is 0.00443. The average Bonchev–Trinajstić information content (AvgIpc) is 3.99. The van der Waals surface area contributed by atoms with Gasteiger partial charge in [0.15, 0.2) is 0 Å². The summed E-state index contributed by atoms with van der Waals surface area (Å²) in [7, 11) is 0. The van der Waals surface area contributed by atoms with Crippen molar-refractivity contribution in [3.63, 3.8) is 0 Å². The molecule has 12 rings (SSSR count). The number of nitrogens with two attached hydrogens (primary N) is 1. The van der Waals surface area contributed by atoms with E-state index >= 15 is 0 Å². The third-order valence-corrected chi connectivity index (χ3v) is 16.1. The van der Waals surface area contributed by atoms with E-state index in [9.17, 15) is 20.4 Å². The van der Waals surface area contributed by atoms with Crippen LogP contribution in [0.5, 0.6) is 0 Å². The number of aliphatic hydroxyl groups excluding tert-OH is 4. The fraction of sp³-hybridized carbons (Fsp3) is 0.161. The monoisotopic (exact) mass is 1080 g/mol. The maximum Gasteiger partial charge on any atom is 0.225 e. The van der Waals surface area contributed by atoms with Crippen LogP contribution in [0.4, 0.5) is 17.6 Å². The number of nitrogens with zero attached hydrogens (tertiary/aromatic N) is 4. The van der Waals surface area contributed by atoms with E-state index in [1.54, 1.807) is 23.5 Å². The van der Waals surface area contributed by atoms with Crippen LogP contribution in [0.2, 0.25) is 5.28 Å². The van der Waals surface area contributed by atoms with Crippen LogP contribution in [0.1, 0.15) is 56.6 Å². The second-order valence-electron chi connectivity index (χ2n) is 18.5. The van der Waals surface area contributed by atoms with Gasteiger partial charge in [0.1, 0.15) is 11.6 Å². The Labute approximate surface area is 460 Å². The summed E-state index contributed by atoms with van der Waals surface area (Å²) >= 11 is 9.31. The Morgan fingerprint density at radius 1 is 0.468 bits per heavy atom. The molecule has 0 fully saturated rings. The minimum Gasteiger partial charge on any atom is -0.392 e. The van der Waals surface area contributed by atoms with Gasteiger partial charge in [0, 0.05) is 56.3 Å². The largest absolute Gasteiger partial charge is 0.392 e. The maximum absolute atomic E-state index is 10.8. The Balaban J connectivity index is 0.000000145. The summed E-state index contributed by atoms with van der Waals surface area (Å²) < 4.78 is 0. The van der Waals surface area contributed by atoms with Crippen LogP contribution in [-0.4, -0.2) is 52.6 Å². The number of aromatic nitrogens is 4. The quantitative estimate of drug-likeness (QED) is 0.0479. The van der Waals surface area contributed by atoms with E-state index in [0.29, 0.717) is 43.5 Å². The third-order valence-electron chi connectivity index (χ3n) is 13.5. The normalized spacial score (nSPS) is 16.1. The number of nitrogens with one attached hydrogen (secondary N) is 3. The van der Waals surface area contributed by atoms with Crippen molar-refractivity contribution in [1.82, 2.24) is 19.9 Å². The van der Waals surface area contributed by atoms with Crippen molar-refractivity contribution in [1.29, 1.82) is 0 Å². The van der Waals surface area contributed by atoms with Crippen molar-refractivity contribution in [3.05, 3.63) is 244 Å². The molecule has 0 saturated heterocycles. The molecule has 2 heterocycles. The first-order chi connectivity index (χ1) is 37.8. The highest BCUT2D eigenvalue weighted by Gasteiger charge is 2.33. The highest BCUT2D eigenvalue weighted by atomic mass is 35.5. The van der Waals surface area contributed by atoms with Gasteiger partial charge in [0.05, 0.1) is 48.5 Å². The summed E-state index contributed by atoms with van der Waals surface area (Å²) in [5, 5.41) is 52.5. The number of benzene rings is 8. The summed E-state index contributed by atoms with van der Waals surface area (Å²) in [5.74, 6) is 1.86. The lowest BCUT2D eigenvalue weighted by molar-refractivity contribution is 0.165. The lowest BCUT2D eigenvalue weighted by atomic mass is 10.1. The van der Waals surface area contributed by atoms with Gasteiger partial charge in [-0.3, -0.25) is 0 Å². The van der Waals surface area contributed by atoms with E-state index in [1.165, 1.54) is 0 Å². The Morgan fingerprint density at radius 3 is 1.39 bits per heavy atom. The summed E-state index contributed by atoms with van der Waals surface area (Å²) in [6, 6.07) is 63.4. The van der Waals surface area contributed by atoms with Crippen molar-refractivity contribution in [2.24, 2.45) is 5.73 Å². The van der Waals surface area contributed by atoms with Crippen LogP contribution in [-0.2, 0) is 39.1 Å². The lowest BCUT2D eigenvalue weighted by Crippen LogP contribution is -2.22. The van der Waals surface area contributed by atoms with Crippen molar-refractivity contribution in [2.75, 3.05) is 16.0 Å². The zero-order valence-corrected chi connectivity index (χ0v) is 44.3. The molecule has 2 aliphatic carbocycles. The SMILES string of the molecule is NCc1ccccc1Sc1ccccc1CO.OCc1ccccc1Sc1ccccc1CNc1nc(N[C@H]2c3ccccc3C[C@H]2O)c2ccccc2n1.O[C@@H]1Cc2ccccc2[C@@H]1Nc1nc(Cl)nc2ccccc12. The second kappa shape index (κ2) is 25.2. The standard InChI is InChI=1S/C31H28N4O2S.C17H14ClN3O.C14H15NOS/c36-19-22-11-3-8-16-28(22)38-27-15-7-2-10-21(27)18-32-31-33-25-14-6-5-13-24(25)30(35-31)34-29-23-12-4-1-9-20(23)17-26(29)37;18-17-19-13-8-4-3-7-12(13)16(21-17)20-15-11-6-2-1-5-10(11)9-14(15)22;15-9-11-5-1-3-7-13(11)17-14-8-4-2-6-12(14)10-16/h1-16,26,29,36-37H,17-19H2,(H2,32,33,34,35);1-8,14-15,22H,9H2,(H,19,20,21);1-8,16H,9-10,15H2/t26-,29+;14-,15+;/m11./s1. The van der Waals surface area contributed by atoms with Crippen LogP contribution in [0.3, 0.4) is 0 Å². The molecule has 388 valence electrons. The lowest BCUT2D eigenvalue weighted by Gasteiger charge is -2.20. The third kappa shape index (κ3) is 12.6. The van der Waals surface area contributed by atoms with Gasteiger partial charge < -0.3 is 42.1 Å². The highest BCUT2D eigenvalue weighted by molar-refractivity contribution is 7.99. The number of hydrogen-bond donors (Lipinski definition) is 8. The second-order valence-corrected chi connectivity index (χ2v) is 21.0. The molecule has 0 bridgehead atoms. The summed E-state index contributed by atoms with van der Waals surface area (Å²) in [4.78, 5) is 22.5. The van der Waals surface area contributed by atoms with Gasteiger partial charge in [0.2, 0.25) is 11.2 Å². The van der Waals surface area contributed by atoms with Gasteiger partial charge >= 0.3 is 0 Å². The van der Waals surface area contributed by atoms with Crippen molar-refractivity contribution >= 4 is 74.5 Å². The fourth-order valence-corrected chi connectivity index (χ4v) is 11.9. The molecule has 15 heteroatoms. The topological polar surface area (TPSA) is 195 Å². The zero-order chi connectivity index (χ0) is 53.1. The van der Waals surface area contributed by atoms with Crippen molar-refractivity contribution < 1.29 is 20.4 Å². The Bertz CT molecular complexity index is 3600. The number of fused-ring (bicyclic) bond motifs is 4. The van der Waals surface area contributed by atoms with E-state index in [4.69, 9.17) is 27.3 Å². The molecule has 77 heavy (non-hydrogen) atoms. The molecule has 0 radical (unpaired) electrons. The van der Waals surface area contributed by atoms with Gasteiger partial charge in [-0.1, -0.05) is 169 Å². The average molecular weight is 1080 g/mol. The predicted molar refractivity (Wildman–Crippen MR) is 310 cm³/mol.